The Bertz CT molecular complexity index is 493. The minimum absolute atomic E-state index is 0.00103. The van der Waals surface area contributed by atoms with Crippen LogP contribution in [0.5, 0.6) is 0 Å². The van der Waals surface area contributed by atoms with Gasteiger partial charge in [-0.15, -0.1) is 0 Å². The van der Waals surface area contributed by atoms with Gasteiger partial charge >= 0.3 is 11.9 Å². The minimum Gasteiger partial charge on any atom is -0.481 e. The van der Waals surface area contributed by atoms with Gasteiger partial charge in [-0.25, -0.2) is 0 Å². The number of benzene rings is 1. The maximum absolute atomic E-state index is 11.2. The van der Waals surface area contributed by atoms with Gasteiger partial charge in [-0.1, -0.05) is 29.3 Å². The van der Waals surface area contributed by atoms with Crippen molar-refractivity contribution in [3.63, 3.8) is 0 Å². The Labute approximate surface area is 126 Å². The van der Waals surface area contributed by atoms with E-state index in [9.17, 15) is 9.59 Å². The Hall–Kier alpha value is -1.30. The molecule has 1 rings (SSSR count). The van der Waals surface area contributed by atoms with E-state index in [4.69, 9.17) is 33.4 Å². The van der Waals surface area contributed by atoms with Crippen LogP contribution in [0, 0.1) is 0 Å². The maximum atomic E-state index is 11.2. The lowest BCUT2D eigenvalue weighted by Crippen LogP contribution is -2.39. The number of carboxylic acid groups (broad SMARTS) is 2. The SMILES string of the molecule is O=C(O)CCCN[C@H](Cc1ccc(Cl)cc1Cl)C(=O)O. The number of halogens is 2. The van der Waals surface area contributed by atoms with E-state index in [1.165, 1.54) is 0 Å². The lowest BCUT2D eigenvalue weighted by Gasteiger charge is -2.15. The summed E-state index contributed by atoms with van der Waals surface area (Å²) in [6.45, 7) is 0.314. The zero-order chi connectivity index (χ0) is 15.1. The molecule has 0 aliphatic carbocycles. The number of aliphatic carboxylic acids is 2. The second kappa shape index (κ2) is 8.09. The Morgan fingerprint density at radius 1 is 1.25 bits per heavy atom. The molecule has 0 aliphatic heterocycles. The van der Waals surface area contributed by atoms with Gasteiger partial charge in [-0.05, 0) is 37.1 Å². The summed E-state index contributed by atoms with van der Waals surface area (Å²) in [5.74, 6) is -1.91. The van der Waals surface area contributed by atoms with Gasteiger partial charge in [-0.2, -0.15) is 0 Å². The third kappa shape index (κ3) is 5.77. The molecule has 1 aromatic rings. The fourth-order valence-electron chi connectivity index (χ4n) is 1.67. The summed E-state index contributed by atoms with van der Waals surface area (Å²) < 4.78 is 0. The van der Waals surface area contributed by atoms with Crippen LogP contribution >= 0.6 is 23.2 Å². The fourth-order valence-corrected chi connectivity index (χ4v) is 2.16. The highest BCUT2D eigenvalue weighted by atomic mass is 35.5. The summed E-state index contributed by atoms with van der Waals surface area (Å²) in [6.07, 6.45) is 0.576. The second-order valence-electron chi connectivity index (χ2n) is 4.28. The molecule has 0 aromatic heterocycles. The lowest BCUT2D eigenvalue weighted by molar-refractivity contribution is -0.139. The van der Waals surface area contributed by atoms with Crippen LogP contribution in [0.15, 0.2) is 18.2 Å². The highest BCUT2D eigenvalue weighted by Crippen LogP contribution is 2.22. The van der Waals surface area contributed by atoms with Crippen molar-refractivity contribution < 1.29 is 19.8 Å². The molecule has 0 saturated heterocycles. The summed E-state index contributed by atoms with van der Waals surface area (Å²) in [5.41, 5.74) is 0.675. The standard InChI is InChI=1S/C13H15Cl2NO4/c14-9-4-3-8(10(15)7-9)6-11(13(19)20)16-5-1-2-12(17)18/h3-4,7,11,16H,1-2,5-6H2,(H,17,18)(H,19,20)/t11-/m1/s1. The average molecular weight is 320 g/mol. The van der Waals surface area contributed by atoms with Crippen molar-refractivity contribution in [3.8, 4) is 0 Å². The maximum Gasteiger partial charge on any atom is 0.321 e. The number of rotatable bonds is 8. The molecule has 1 aromatic carbocycles. The van der Waals surface area contributed by atoms with Crippen molar-refractivity contribution in [1.29, 1.82) is 0 Å². The number of nitrogens with one attached hydrogen (secondary N) is 1. The lowest BCUT2D eigenvalue weighted by atomic mass is 10.1. The largest absolute Gasteiger partial charge is 0.481 e. The minimum atomic E-state index is -1.01. The number of carboxylic acids is 2. The molecule has 0 radical (unpaired) electrons. The van der Waals surface area contributed by atoms with Gasteiger partial charge in [-0.3, -0.25) is 9.59 Å². The molecule has 3 N–H and O–H groups in total. The summed E-state index contributed by atoms with van der Waals surface area (Å²) in [5, 5.41) is 21.4. The van der Waals surface area contributed by atoms with Crippen molar-refractivity contribution in [2.24, 2.45) is 0 Å². The Morgan fingerprint density at radius 2 is 1.95 bits per heavy atom. The Morgan fingerprint density at radius 3 is 2.50 bits per heavy atom. The first-order valence-corrected chi connectivity index (χ1v) is 6.77. The van der Waals surface area contributed by atoms with Crippen LogP contribution in [0.4, 0.5) is 0 Å². The van der Waals surface area contributed by atoms with E-state index >= 15 is 0 Å². The fraction of sp³-hybridized carbons (Fsp3) is 0.385. The molecule has 0 spiro atoms. The van der Waals surface area contributed by atoms with Gasteiger partial charge in [0.05, 0.1) is 0 Å². The summed E-state index contributed by atoms with van der Waals surface area (Å²) in [6, 6.07) is 4.07. The van der Waals surface area contributed by atoms with Gasteiger partial charge in [0, 0.05) is 16.5 Å². The molecular formula is C13H15Cl2NO4. The first-order chi connectivity index (χ1) is 9.40. The monoisotopic (exact) mass is 319 g/mol. The van der Waals surface area contributed by atoms with Crippen LogP contribution in [0.1, 0.15) is 18.4 Å². The van der Waals surface area contributed by atoms with Gasteiger partial charge < -0.3 is 15.5 Å². The summed E-state index contributed by atoms with van der Waals surface area (Å²) in [7, 11) is 0. The van der Waals surface area contributed by atoms with Crippen LogP contribution in [-0.2, 0) is 16.0 Å². The zero-order valence-corrected chi connectivity index (χ0v) is 12.1. The van der Waals surface area contributed by atoms with Crippen LogP contribution in [0.2, 0.25) is 10.0 Å². The van der Waals surface area contributed by atoms with E-state index in [1.807, 2.05) is 0 Å². The molecule has 1 atom stereocenters. The highest BCUT2D eigenvalue weighted by molar-refractivity contribution is 6.35. The van der Waals surface area contributed by atoms with Crippen LogP contribution < -0.4 is 5.32 Å². The molecule has 0 amide bonds. The predicted octanol–water partition coefficient (Wildman–Crippen LogP) is 2.44. The highest BCUT2D eigenvalue weighted by Gasteiger charge is 2.18. The molecule has 5 nitrogen and oxygen atoms in total. The average Bonchev–Trinajstić information content (AvgIpc) is 2.34. The summed E-state index contributed by atoms with van der Waals surface area (Å²) >= 11 is 11.8. The van der Waals surface area contributed by atoms with E-state index in [0.29, 0.717) is 28.6 Å². The van der Waals surface area contributed by atoms with Crippen LogP contribution in [-0.4, -0.2) is 34.7 Å². The molecule has 0 fully saturated rings. The first-order valence-electron chi connectivity index (χ1n) is 6.02. The summed E-state index contributed by atoms with van der Waals surface area (Å²) in [4.78, 5) is 21.5. The number of hydrogen-bond acceptors (Lipinski definition) is 3. The first kappa shape index (κ1) is 16.8. The van der Waals surface area contributed by atoms with Gasteiger partial charge in [0.2, 0.25) is 0 Å². The van der Waals surface area contributed by atoms with Gasteiger partial charge in [0.1, 0.15) is 6.04 Å². The van der Waals surface area contributed by atoms with E-state index in [1.54, 1.807) is 18.2 Å². The Balaban J connectivity index is 2.58. The van der Waals surface area contributed by atoms with Crippen molar-refractivity contribution in [3.05, 3.63) is 33.8 Å². The molecule has 0 aliphatic rings. The van der Waals surface area contributed by atoms with E-state index < -0.39 is 18.0 Å². The molecule has 0 saturated carbocycles. The quantitative estimate of drug-likeness (QED) is 0.641. The molecular weight excluding hydrogens is 305 g/mol. The molecule has 0 heterocycles. The van der Waals surface area contributed by atoms with Gasteiger partial charge in [0.25, 0.3) is 0 Å². The predicted molar refractivity (Wildman–Crippen MR) is 76.5 cm³/mol. The molecule has 7 heteroatoms. The third-order valence-electron chi connectivity index (χ3n) is 2.70. The number of hydrogen-bond donors (Lipinski definition) is 3. The Kier molecular flexibility index (Phi) is 6.78. The number of carbonyl (C=O) groups is 2. The molecule has 110 valence electrons. The van der Waals surface area contributed by atoms with E-state index in [-0.39, 0.29) is 12.8 Å². The van der Waals surface area contributed by atoms with Crippen LogP contribution in [0.3, 0.4) is 0 Å². The van der Waals surface area contributed by atoms with Crippen LogP contribution in [0.25, 0.3) is 0 Å². The zero-order valence-electron chi connectivity index (χ0n) is 10.6. The third-order valence-corrected chi connectivity index (χ3v) is 3.28. The molecule has 0 bridgehead atoms. The molecule has 0 unspecified atom stereocenters. The van der Waals surface area contributed by atoms with Crippen molar-refractivity contribution >= 4 is 35.1 Å². The molecule has 20 heavy (non-hydrogen) atoms. The van der Waals surface area contributed by atoms with Gasteiger partial charge in [0.15, 0.2) is 0 Å². The topological polar surface area (TPSA) is 86.6 Å². The smallest absolute Gasteiger partial charge is 0.321 e. The van der Waals surface area contributed by atoms with E-state index in [2.05, 4.69) is 5.32 Å². The second-order valence-corrected chi connectivity index (χ2v) is 5.13. The normalized spacial score (nSPS) is 12.1. The van der Waals surface area contributed by atoms with Crippen molar-refractivity contribution in [1.82, 2.24) is 5.32 Å². The van der Waals surface area contributed by atoms with Crippen molar-refractivity contribution in [2.45, 2.75) is 25.3 Å². The van der Waals surface area contributed by atoms with E-state index in [0.717, 1.165) is 0 Å². The van der Waals surface area contributed by atoms with Crippen molar-refractivity contribution in [2.75, 3.05) is 6.54 Å².